The van der Waals surface area contributed by atoms with Crippen LogP contribution in [0.1, 0.15) is 57.6 Å². The third-order valence-corrected chi connectivity index (χ3v) is 3.67. The average Bonchev–Trinajstić information content (AvgIpc) is 2.43. The molecule has 2 unspecified atom stereocenters. The topological polar surface area (TPSA) is 38.0 Å². The summed E-state index contributed by atoms with van der Waals surface area (Å²) in [5.41, 5.74) is 2.94. The van der Waals surface area contributed by atoms with E-state index in [4.69, 9.17) is 5.84 Å². The molecule has 0 saturated carbocycles. The number of nitrogens with two attached hydrogens (primary N) is 1. The van der Waals surface area contributed by atoms with Crippen LogP contribution in [0.2, 0.25) is 0 Å². The highest BCUT2D eigenvalue weighted by molar-refractivity contribution is 5.22. The number of rotatable bonds is 8. The third-order valence-electron chi connectivity index (χ3n) is 3.67. The van der Waals surface area contributed by atoms with Crippen LogP contribution in [0.15, 0.2) is 18.2 Å². The fourth-order valence-corrected chi connectivity index (χ4v) is 2.39. The van der Waals surface area contributed by atoms with E-state index in [1.165, 1.54) is 6.07 Å². The molecule has 0 radical (unpaired) electrons. The minimum absolute atomic E-state index is 0.317. The number of hydrazine groups is 1. The molecule has 0 amide bonds. The van der Waals surface area contributed by atoms with Gasteiger partial charge in [0.05, 0.1) is 0 Å². The van der Waals surface area contributed by atoms with Crippen LogP contribution in [-0.2, 0) is 0 Å². The summed E-state index contributed by atoms with van der Waals surface area (Å²) in [6.07, 6.45) is 5.15. The van der Waals surface area contributed by atoms with Crippen molar-refractivity contribution in [1.29, 1.82) is 0 Å². The van der Waals surface area contributed by atoms with Gasteiger partial charge in [0.25, 0.3) is 0 Å². The first-order valence-corrected chi connectivity index (χ1v) is 7.04. The summed E-state index contributed by atoms with van der Waals surface area (Å²) >= 11 is 0. The van der Waals surface area contributed by atoms with Crippen LogP contribution in [0, 0.1) is 17.6 Å². The van der Waals surface area contributed by atoms with Crippen LogP contribution in [-0.4, -0.2) is 0 Å². The highest BCUT2D eigenvalue weighted by Crippen LogP contribution is 2.28. The number of benzene rings is 1. The summed E-state index contributed by atoms with van der Waals surface area (Å²) in [5, 5.41) is 0. The number of hydrogen-bond donors (Lipinski definition) is 2. The van der Waals surface area contributed by atoms with Crippen LogP contribution in [0.5, 0.6) is 0 Å². The molecule has 0 aromatic heterocycles. The van der Waals surface area contributed by atoms with Gasteiger partial charge in [-0.15, -0.1) is 0 Å². The SMILES string of the molecule is CCCCC(CC)CC(NN)c1cccc(F)c1F. The molecule has 0 aliphatic rings. The van der Waals surface area contributed by atoms with Gasteiger partial charge in [0, 0.05) is 11.6 Å². The minimum atomic E-state index is -0.820. The van der Waals surface area contributed by atoms with Crippen molar-refractivity contribution in [3.63, 3.8) is 0 Å². The summed E-state index contributed by atoms with van der Waals surface area (Å²) in [4.78, 5) is 0. The van der Waals surface area contributed by atoms with E-state index in [2.05, 4.69) is 19.3 Å². The van der Waals surface area contributed by atoms with Crippen LogP contribution in [0.4, 0.5) is 8.78 Å². The van der Waals surface area contributed by atoms with Gasteiger partial charge in [-0.25, -0.2) is 8.78 Å². The molecule has 4 heteroatoms. The molecule has 108 valence electrons. The maximum Gasteiger partial charge on any atom is 0.163 e. The van der Waals surface area contributed by atoms with E-state index < -0.39 is 11.6 Å². The molecule has 1 aromatic rings. The Kier molecular flexibility index (Phi) is 6.95. The van der Waals surface area contributed by atoms with Crippen molar-refractivity contribution in [2.45, 2.75) is 52.0 Å². The van der Waals surface area contributed by atoms with Gasteiger partial charge < -0.3 is 0 Å². The van der Waals surface area contributed by atoms with Gasteiger partial charge in [-0.2, -0.15) is 0 Å². The zero-order valence-corrected chi connectivity index (χ0v) is 11.8. The highest BCUT2D eigenvalue weighted by atomic mass is 19.2. The van der Waals surface area contributed by atoms with E-state index in [1.807, 2.05) is 0 Å². The first-order valence-electron chi connectivity index (χ1n) is 7.04. The zero-order valence-electron chi connectivity index (χ0n) is 11.8. The molecule has 0 aliphatic carbocycles. The Morgan fingerprint density at radius 1 is 1.26 bits per heavy atom. The molecule has 0 saturated heterocycles. The van der Waals surface area contributed by atoms with Gasteiger partial charge in [-0.1, -0.05) is 51.7 Å². The molecular weight excluding hydrogens is 246 g/mol. The molecule has 0 heterocycles. The van der Waals surface area contributed by atoms with E-state index in [1.54, 1.807) is 6.07 Å². The van der Waals surface area contributed by atoms with Crippen LogP contribution in [0.3, 0.4) is 0 Å². The van der Waals surface area contributed by atoms with Crippen molar-refractivity contribution in [2.24, 2.45) is 11.8 Å². The smallest absolute Gasteiger partial charge is 0.163 e. The standard InChI is InChI=1S/C15H24F2N2/c1-3-5-7-11(4-2)10-14(19-18)12-8-6-9-13(16)15(12)17/h6,8-9,11,14,19H,3-5,7,10,18H2,1-2H3. The van der Waals surface area contributed by atoms with Crippen LogP contribution in [0.25, 0.3) is 0 Å². The quantitative estimate of drug-likeness (QED) is 0.552. The van der Waals surface area contributed by atoms with Crippen molar-refractivity contribution >= 4 is 0 Å². The lowest BCUT2D eigenvalue weighted by molar-refractivity contribution is 0.347. The second-order valence-electron chi connectivity index (χ2n) is 5.01. The molecule has 19 heavy (non-hydrogen) atoms. The summed E-state index contributed by atoms with van der Waals surface area (Å²) < 4.78 is 27.0. The van der Waals surface area contributed by atoms with Gasteiger partial charge in [-0.05, 0) is 18.4 Å². The molecular formula is C15H24F2N2. The van der Waals surface area contributed by atoms with Crippen molar-refractivity contribution < 1.29 is 8.78 Å². The van der Waals surface area contributed by atoms with E-state index in [0.717, 1.165) is 38.2 Å². The Labute approximate surface area is 114 Å². The second kappa shape index (κ2) is 8.23. The van der Waals surface area contributed by atoms with Crippen molar-refractivity contribution in [3.8, 4) is 0 Å². The van der Waals surface area contributed by atoms with Crippen LogP contribution >= 0.6 is 0 Å². The van der Waals surface area contributed by atoms with E-state index >= 15 is 0 Å². The summed E-state index contributed by atoms with van der Waals surface area (Å²) in [6.45, 7) is 4.27. The minimum Gasteiger partial charge on any atom is -0.271 e. The van der Waals surface area contributed by atoms with Gasteiger partial charge >= 0.3 is 0 Å². The molecule has 0 bridgehead atoms. The van der Waals surface area contributed by atoms with E-state index in [0.29, 0.717) is 11.5 Å². The second-order valence-corrected chi connectivity index (χ2v) is 5.01. The lowest BCUT2D eigenvalue weighted by Crippen LogP contribution is -2.30. The molecule has 0 fully saturated rings. The van der Waals surface area contributed by atoms with Gasteiger partial charge in [0.15, 0.2) is 11.6 Å². The molecule has 0 aliphatic heterocycles. The maximum atomic E-state index is 13.8. The Bertz CT molecular complexity index is 382. The van der Waals surface area contributed by atoms with Crippen molar-refractivity contribution in [1.82, 2.24) is 5.43 Å². The van der Waals surface area contributed by atoms with E-state index in [-0.39, 0.29) is 6.04 Å². The van der Waals surface area contributed by atoms with Gasteiger partial charge in [0.1, 0.15) is 0 Å². The third kappa shape index (κ3) is 4.55. The Hall–Kier alpha value is -1.00. The first kappa shape index (κ1) is 16.1. The summed E-state index contributed by atoms with van der Waals surface area (Å²) in [5.74, 6) is 4.38. The van der Waals surface area contributed by atoms with E-state index in [9.17, 15) is 8.78 Å². The lowest BCUT2D eigenvalue weighted by Gasteiger charge is -2.23. The average molecular weight is 270 g/mol. The maximum absolute atomic E-state index is 13.8. The van der Waals surface area contributed by atoms with Crippen molar-refractivity contribution in [3.05, 3.63) is 35.4 Å². The predicted octanol–water partition coefficient (Wildman–Crippen LogP) is 4.08. The summed E-state index contributed by atoms with van der Waals surface area (Å²) in [7, 11) is 0. The number of hydrogen-bond acceptors (Lipinski definition) is 2. The molecule has 1 aromatic carbocycles. The monoisotopic (exact) mass is 270 g/mol. The highest BCUT2D eigenvalue weighted by Gasteiger charge is 2.20. The molecule has 2 atom stereocenters. The fourth-order valence-electron chi connectivity index (χ4n) is 2.39. The van der Waals surface area contributed by atoms with Gasteiger partial charge in [-0.3, -0.25) is 11.3 Å². The largest absolute Gasteiger partial charge is 0.271 e. The Morgan fingerprint density at radius 3 is 2.58 bits per heavy atom. The Morgan fingerprint density at radius 2 is 2.00 bits per heavy atom. The van der Waals surface area contributed by atoms with Crippen molar-refractivity contribution in [2.75, 3.05) is 0 Å². The lowest BCUT2D eigenvalue weighted by atomic mass is 9.89. The molecule has 0 spiro atoms. The predicted molar refractivity (Wildman–Crippen MR) is 74.3 cm³/mol. The molecule has 3 N–H and O–H groups in total. The number of nitrogens with one attached hydrogen (secondary N) is 1. The number of halogens is 2. The van der Waals surface area contributed by atoms with Crippen LogP contribution < -0.4 is 11.3 Å². The number of unbranched alkanes of at least 4 members (excludes halogenated alkanes) is 1. The zero-order chi connectivity index (χ0) is 14.3. The normalized spacial score (nSPS) is 14.4. The molecule has 1 rings (SSSR count). The Balaban J connectivity index is 2.79. The van der Waals surface area contributed by atoms with Gasteiger partial charge in [0.2, 0.25) is 0 Å². The first-order chi connectivity index (χ1) is 9.13. The summed E-state index contributed by atoms with van der Waals surface area (Å²) in [6, 6.07) is 3.90. The fraction of sp³-hybridized carbons (Fsp3) is 0.600. The molecule has 2 nitrogen and oxygen atoms in total.